The predicted octanol–water partition coefficient (Wildman–Crippen LogP) is 9.89. The summed E-state index contributed by atoms with van der Waals surface area (Å²) in [6.45, 7) is 3.06. The van der Waals surface area contributed by atoms with E-state index in [0.717, 1.165) is 121 Å². The number of pyridine rings is 2. The Morgan fingerprint density at radius 1 is 0.680 bits per heavy atom. The largest absolute Gasteiger partial charge is 0.494 e. The molecule has 8 atom stereocenters. The normalized spacial score (nSPS) is 29.8. The van der Waals surface area contributed by atoms with E-state index in [9.17, 15) is 14.0 Å². The number of nitrogens with zero attached hydrogens (tertiary/aromatic N) is 10. The van der Waals surface area contributed by atoms with Gasteiger partial charge in [0, 0.05) is 90.4 Å². The molecule has 6 aromatic heterocycles. The highest BCUT2D eigenvalue weighted by atomic mass is 19.1. The predicted molar refractivity (Wildman–Crippen MR) is 277 cm³/mol. The second-order valence-electron chi connectivity index (χ2n) is 24.4. The number of fused-ring (bicyclic) bond motifs is 4. The average Bonchev–Trinajstić information content (AvgIpc) is 4.29. The summed E-state index contributed by atoms with van der Waals surface area (Å²) < 4.78 is 51.4. The van der Waals surface area contributed by atoms with Gasteiger partial charge in [0.1, 0.15) is 40.1 Å². The van der Waals surface area contributed by atoms with Crippen molar-refractivity contribution in [1.29, 1.82) is 0 Å². The molecule has 9 fully saturated rings. The molecule has 0 radical (unpaired) electrons. The third-order valence-corrected chi connectivity index (χ3v) is 20.4. The molecule has 2 amide bonds. The highest BCUT2D eigenvalue weighted by Crippen LogP contribution is 2.69. The summed E-state index contributed by atoms with van der Waals surface area (Å²) in [5, 5.41) is 1.99. The summed E-state index contributed by atoms with van der Waals surface area (Å²) in [4.78, 5) is 53.8. The molecule has 2 aromatic carbocycles. The second-order valence-corrected chi connectivity index (χ2v) is 24.4. The molecule has 16 heteroatoms. The number of likely N-dealkylation sites (tertiary alicyclic amines) is 2. The van der Waals surface area contributed by atoms with Gasteiger partial charge in [-0.05, 0) is 160 Å². The van der Waals surface area contributed by atoms with Crippen LogP contribution in [0, 0.1) is 47.2 Å². The first-order valence-corrected chi connectivity index (χ1v) is 27.6. The van der Waals surface area contributed by atoms with Gasteiger partial charge >= 0.3 is 0 Å². The number of carbonyl (C=O) groups excluding carboxylic acids is 2. The number of halogens is 2. The van der Waals surface area contributed by atoms with Gasteiger partial charge in [0.25, 0.3) is 11.8 Å². The van der Waals surface area contributed by atoms with Gasteiger partial charge in [-0.2, -0.15) is 4.98 Å². The summed E-state index contributed by atoms with van der Waals surface area (Å²) in [5.41, 5.74) is 7.70. The first-order chi connectivity index (χ1) is 36.5. The summed E-state index contributed by atoms with van der Waals surface area (Å²) >= 11 is 0. The van der Waals surface area contributed by atoms with Crippen LogP contribution in [0.25, 0.3) is 67.2 Å². The van der Waals surface area contributed by atoms with E-state index in [2.05, 4.69) is 42.9 Å². The highest BCUT2D eigenvalue weighted by molar-refractivity contribution is 6.01. The Labute approximate surface area is 431 Å². The number of imidazole rings is 2. The molecule has 0 spiro atoms. The van der Waals surface area contributed by atoms with Crippen LogP contribution >= 0.6 is 0 Å². The number of benzene rings is 2. The Bertz CT molecular complexity index is 3840. The quantitative estimate of drug-likeness (QED) is 0.118. The molecule has 2 unspecified atom stereocenters. The number of hydrogen-bond donors (Lipinski definition) is 0. The van der Waals surface area contributed by atoms with Crippen LogP contribution in [0.3, 0.4) is 0 Å². The Morgan fingerprint density at radius 3 is 2.01 bits per heavy atom. The summed E-state index contributed by atoms with van der Waals surface area (Å²) in [5.74, 6) is 5.74. The molecule has 8 heterocycles. The molecular formula is C59H58F2N10O4. The Hall–Kier alpha value is -6.84. The first-order valence-electron chi connectivity index (χ1n) is 27.6. The number of amides is 2. The van der Waals surface area contributed by atoms with Gasteiger partial charge in [0.15, 0.2) is 11.6 Å². The number of aromatic nitrogens is 8. The van der Waals surface area contributed by atoms with Crippen molar-refractivity contribution in [3.8, 4) is 34.7 Å². The van der Waals surface area contributed by atoms with E-state index in [1.807, 2.05) is 36.2 Å². The zero-order valence-corrected chi connectivity index (χ0v) is 42.4. The summed E-state index contributed by atoms with van der Waals surface area (Å²) in [6.07, 6.45) is 8.64. The topological polar surface area (TPSA) is 130 Å². The molecule has 8 aromatic rings. The molecule has 9 aliphatic rings. The lowest BCUT2D eigenvalue weighted by Gasteiger charge is -2.63. The minimum absolute atomic E-state index is 0.0444. The lowest BCUT2D eigenvalue weighted by Crippen LogP contribution is -2.65. The maximum absolute atomic E-state index is 16.4. The van der Waals surface area contributed by atoms with Crippen molar-refractivity contribution in [3.63, 3.8) is 0 Å². The van der Waals surface area contributed by atoms with Crippen LogP contribution in [-0.2, 0) is 25.6 Å². The monoisotopic (exact) mass is 1010 g/mol. The van der Waals surface area contributed by atoms with E-state index in [1.165, 1.54) is 12.5 Å². The third-order valence-electron chi connectivity index (χ3n) is 20.4. The molecule has 17 rings (SSSR count). The molecule has 2 aliphatic heterocycles. The van der Waals surface area contributed by atoms with Crippen LogP contribution in [0.15, 0.2) is 60.7 Å². The number of ether oxygens (including phenoxy) is 2. The summed E-state index contributed by atoms with van der Waals surface area (Å²) in [6, 6.07) is 19.8. The van der Waals surface area contributed by atoms with Crippen LogP contribution in [0.2, 0.25) is 0 Å². The Morgan fingerprint density at radius 2 is 1.33 bits per heavy atom. The van der Waals surface area contributed by atoms with Crippen molar-refractivity contribution in [2.75, 3.05) is 27.3 Å². The van der Waals surface area contributed by atoms with Gasteiger partial charge in [-0.1, -0.05) is 0 Å². The van der Waals surface area contributed by atoms with Crippen molar-refractivity contribution in [2.24, 2.45) is 48.5 Å². The number of carbonyl (C=O) groups is 2. The Balaban J connectivity index is 0.687. The number of rotatable bonds is 12. The fourth-order valence-electron chi connectivity index (χ4n) is 16.2. The minimum atomic E-state index is -0.880. The zero-order valence-electron chi connectivity index (χ0n) is 42.4. The average molecular weight is 1010 g/mol. The molecule has 0 N–H and O–H groups in total. The maximum atomic E-state index is 16.4. The lowest BCUT2D eigenvalue weighted by molar-refractivity contribution is -0.0616. The minimum Gasteiger partial charge on any atom is -0.494 e. The van der Waals surface area contributed by atoms with E-state index >= 15 is 4.39 Å². The molecule has 0 bridgehead atoms. The highest BCUT2D eigenvalue weighted by Gasteiger charge is 2.72. The molecule has 75 heavy (non-hydrogen) atoms. The van der Waals surface area contributed by atoms with Crippen LogP contribution in [-0.4, -0.2) is 105 Å². The summed E-state index contributed by atoms with van der Waals surface area (Å²) in [7, 11) is 5.11. The van der Waals surface area contributed by atoms with Gasteiger partial charge in [-0.15, -0.1) is 0 Å². The molecule has 7 aliphatic carbocycles. The number of methoxy groups -OCH3 is 2. The van der Waals surface area contributed by atoms with Crippen LogP contribution in [0.5, 0.6) is 11.6 Å². The van der Waals surface area contributed by atoms with Crippen molar-refractivity contribution in [1.82, 2.24) is 48.0 Å². The Kier molecular flexibility index (Phi) is 8.66. The van der Waals surface area contributed by atoms with Crippen molar-refractivity contribution < 1.29 is 27.8 Å². The van der Waals surface area contributed by atoms with E-state index < -0.39 is 12.0 Å². The van der Waals surface area contributed by atoms with Crippen LogP contribution in [0.4, 0.5) is 8.78 Å². The van der Waals surface area contributed by atoms with E-state index in [1.54, 1.807) is 24.9 Å². The van der Waals surface area contributed by atoms with Gasteiger partial charge < -0.3 is 37.5 Å². The van der Waals surface area contributed by atoms with E-state index in [0.29, 0.717) is 100 Å². The SMILES string of the molecule is COc1ccc2cc(-c3nc4cc(C(=O)N5C[C@H]6CC7(c8ccc9cc(-c%10nc%11cc(C(=O)N%12C[C@H]%13CC%14C[C@@H]%12[C@H]%14%13)cc(OC)c%11n%10C%10CC(F)C%10)n(CC%10CC%10)c9n8)C[C@@H]5[C@@H]67)cc(F)c4n3C)n(CC3CC3)c2n1. The zero-order chi connectivity index (χ0) is 50.1. The molecule has 2 saturated heterocycles. The third kappa shape index (κ3) is 5.94. The van der Waals surface area contributed by atoms with Crippen LogP contribution < -0.4 is 9.47 Å². The van der Waals surface area contributed by atoms with Crippen molar-refractivity contribution >= 4 is 55.9 Å². The smallest absolute Gasteiger partial charge is 0.254 e. The number of hydrogen-bond acceptors (Lipinski definition) is 8. The fourth-order valence-corrected chi connectivity index (χ4v) is 16.2. The van der Waals surface area contributed by atoms with E-state index in [4.69, 9.17) is 29.4 Å². The number of alkyl halides is 1. The number of aryl methyl sites for hydroxylation is 1. The molecule has 7 saturated carbocycles. The maximum Gasteiger partial charge on any atom is 0.254 e. The fraction of sp³-hybridized carbons (Fsp3) is 0.492. The molecular weight excluding hydrogens is 951 g/mol. The van der Waals surface area contributed by atoms with E-state index in [-0.39, 0.29) is 35.2 Å². The molecule has 382 valence electrons. The lowest BCUT2D eigenvalue weighted by atomic mass is 9.41. The standard InChI is InChI=1S/C59H58F2N10O4/c1-66-51-39(61)13-33(14-40(51)62-55(66)43-16-31-9-11-48(75-3)65-54(31)67(43)24-28-4-5-28)57(72)70-27-36-22-59(23-45(70)50(36)59)47-10-8-30-17-44(68(53(30)64-47)25-29-6-7-29)56-63-41-15-34(58(73)69-26-35-12-32-18-42(69)49(32)35)19-46(74-2)52(41)71(56)38-20-37(60)21-38/h8-11,13-17,19,28-29,32,35-38,42,45,49-50H,4-7,12,18,20-27H2,1-3H3/t32?,35-,36-,37?,38?,42-,45-,49-,50-,59?/m1/s1. The van der Waals surface area contributed by atoms with Gasteiger partial charge in [-0.3, -0.25) is 9.59 Å². The van der Waals surface area contributed by atoms with Gasteiger partial charge in [-0.25, -0.2) is 23.7 Å². The second kappa shape index (κ2) is 15.0. The van der Waals surface area contributed by atoms with Crippen LogP contribution in [0.1, 0.15) is 96.7 Å². The first kappa shape index (κ1) is 43.4. The molecule has 14 nitrogen and oxygen atoms in total. The van der Waals surface area contributed by atoms with Crippen molar-refractivity contribution in [2.45, 2.75) is 107 Å². The van der Waals surface area contributed by atoms with Crippen molar-refractivity contribution in [3.05, 3.63) is 83.3 Å². The van der Waals surface area contributed by atoms with Gasteiger partial charge in [0.05, 0.1) is 36.6 Å². The van der Waals surface area contributed by atoms with Gasteiger partial charge in [0.2, 0.25) is 5.88 Å².